The summed E-state index contributed by atoms with van der Waals surface area (Å²) in [5.41, 5.74) is 1.99. The number of rotatable bonds is 8. The summed E-state index contributed by atoms with van der Waals surface area (Å²) in [5, 5.41) is 3.18. The SMILES string of the molecule is CCCNC(CCC(F)(F)F)Cc1ccc(CC)cn1. The monoisotopic (exact) mass is 288 g/mol. The molecule has 114 valence electrons. The predicted molar refractivity (Wildman–Crippen MR) is 74.7 cm³/mol. The first-order valence-electron chi connectivity index (χ1n) is 7.18. The predicted octanol–water partition coefficient (Wildman–Crippen LogP) is 3.90. The number of hydrogen-bond donors (Lipinski definition) is 1. The fraction of sp³-hybridized carbons (Fsp3) is 0.667. The van der Waals surface area contributed by atoms with Crippen LogP contribution in [0.1, 0.15) is 44.4 Å². The highest BCUT2D eigenvalue weighted by atomic mass is 19.4. The van der Waals surface area contributed by atoms with E-state index in [1.165, 1.54) is 0 Å². The molecule has 0 aliphatic heterocycles. The summed E-state index contributed by atoms with van der Waals surface area (Å²) >= 11 is 0. The van der Waals surface area contributed by atoms with Crippen molar-refractivity contribution < 1.29 is 13.2 Å². The molecule has 0 radical (unpaired) electrons. The van der Waals surface area contributed by atoms with Crippen molar-refractivity contribution in [2.75, 3.05) is 6.54 Å². The van der Waals surface area contributed by atoms with Gasteiger partial charge < -0.3 is 5.32 Å². The topological polar surface area (TPSA) is 24.9 Å². The summed E-state index contributed by atoms with van der Waals surface area (Å²) in [4.78, 5) is 4.32. The maximum atomic E-state index is 12.3. The van der Waals surface area contributed by atoms with Crippen LogP contribution in [0.4, 0.5) is 13.2 Å². The third-order valence-electron chi connectivity index (χ3n) is 3.21. The van der Waals surface area contributed by atoms with Crippen molar-refractivity contribution in [2.45, 2.75) is 58.2 Å². The van der Waals surface area contributed by atoms with Gasteiger partial charge in [0.25, 0.3) is 0 Å². The highest BCUT2D eigenvalue weighted by Gasteiger charge is 2.28. The van der Waals surface area contributed by atoms with Crippen LogP contribution in [0.5, 0.6) is 0 Å². The van der Waals surface area contributed by atoms with E-state index in [4.69, 9.17) is 0 Å². The Kier molecular flexibility index (Phi) is 6.99. The van der Waals surface area contributed by atoms with Crippen molar-refractivity contribution in [3.05, 3.63) is 29.6 Å². The molecule has 1 rings (SSSR count). The van der Waals surface area contributed by atoms with Gasteiger partial charge in [-0.1, -0.05) is 19.9 Å². The molecule has 0 saturated carbocycles. The number of aryl methyl sites for hydroxylation is 1. The van der Waals surface area contributed by atoms with Gasteiger partial charge in [0.05, 0.1) is 0 Å². The van der Waals surface area contributed by atoms with Crippen LogP contribution >= 0.6 is 0 Å². The molecule has 0 bridgehead atoms. The van der Waals surface area contributed by atoms with E-state index in [1.54, 1.807) is 6.20 Å². The van der Waals surface area contributed by atoms with Crippen molar-refractivity contribution in [1.82, 2.24) is 10.3 Å². The fourth-order valence-electron chi connectivity index (χ4n) is 2.00. The van der Waals surface area contributed by atoms with Crippen LogP contribution in [0.2, 0.25) is 0 Å². The maximum Gasteiger partial charge on any atom is 0.389 e. The molecule has 1 heterocycles. The Hall–Kier alpha value is -1.10. The van der Waals surface area contributed by atoms with Gasteiger partial charge in [-0.15, -0.1) is 0 Å². The Morgan fingerprint density at radius 2 is 2.00 bits per heavy atom. The summed E-state index contributed by atoms with van der Waals surface area (Å²) in [6.07, 6.45) is -0.576. The van der Waals surface area contributed by atoms with Gasteiger partial charge in [0, 0.05) is 30.8 Å². The lowest BCUT2D eigenvalue weighted by Crippen LogP contribution is -2.33. The van der Waals surface area contributed by atoms with Crippen LogP contribution < -0.4 is 5.32 Å². The first kappa shape index (κ1) is 17.0. The van der Waals surface area contributed by atoms with E-state index in [0.717, 1.165) is 30.6 Å². The average Bonchev–Trinajstić information content (AvgIpc) is 2.41. The summed E-state index contributed by atoms with van der Waals surface area (Å²) in [5.74, 6) is 0. The number of nitrogens with zero attached hydrogens (tertiary/aromatic N) is 1. The molecule has 20 heavy (non-hydrogen) atoms. The van der Waals surface area contributed by atoms with Crippen LogP contribution in [0.3, 0.4) is 0 Å². The number of aromatic nitrogens is 1. The van der Waals surface area contributed by atoms with Gasteiger partial charge in [-0.3, -0.25) is 4.98 Å². The minimum atomic E-state index is -4.09. The molecule has 1 aromatic rings. The molecule has 1 unspecified atom stereocenters. The highest BCUT2D eigenvalue weighted by Crippen LogP contribution is 2.23. The summed E-state index contributed by atoms with van der Waals surface area (Å²) < 4.78 is 37.0. The number of alkyl halides is 3. The molecule has 2 nitrogen and oxygen atoms in total. The zero-order valence-corrected chi connectivity index (χ0v) is 12.1. The second kappa shape index (κ2) is 8.25. The number of pyridine rings is 1. The Balaban J connectivity index is 2.57. The Morgan fingerprint density at radius 1 is 1.25 bits per heavy atom. The molecule has 1 N–H and O–H groups in total. The van der Waals surface area contributed by atoms with Crippen molar-refractivity contribution in [1.29, 1.82) is 0 Å². The number of hydrogen-bond acceptors (Lipinski definition) is 2. The molecule has 5 heteroatoms. The van der Waals surface area contributed by atoms with E-state index in [2.05, 4.69) is 10.3 Å². The van der Waals surface area contributed by atoms with Crippen LogP contribution in [0.15, 0.2) is 18.3 Å². The summed E-state index contributed by atoms with van der Waals surface area (Å²) in [6, 6.07) is 3.73. The van der Waals surface area contributed by atoms with E-state index in [-0.39, 0.29) is 12.5 Å². The zero-order chi connectivity index (χ0) is 15.0. The number of nitrogens with one attached hydrogen (secondary N) is 1. The van der Waals surface area contributed by atoms with E-state index < -0.39 is 12.6 Å². The Labute approximate surface area is 118 Å². The second-order valence-corrected chi connectivity index (χ2v) is 5.02. The zero-order valence-electron chi connectivity index (χ0n) is 12.1. The molecule has 0 saturated heterocycles. The maximum absolute atomic E-state index is 12.3. The minimum absolute atomic E-state index is 0.0979. The molecular weight excluding hydrogens is 265 g/mol. The second-order valence-electron chi connectivity index (χ2n) is 5.02. The summed E-state index contributed by atoms with van der Waals surface area (Å²) in [6.45, 7) is 4.78. The van der Waals surface area contributed by atoms with Gasteiger partial charge in [-0.05, 0) is 37.4 Å². The van der Waals surface area contributed by atoms with Gasteiger partial charge in [0.1, 0.15) is 0 Å². The lowest BCUT2D eigenvalue weighted by Gasteiger charge is -2.19. The third kappa shape index (κ3) is 6.89. The molecule has 1 atom stereocenters. The minimum Gasteiger partial charge on any atom is -0.314 e. The molecule has 0 amide bonds. The van der Waals surface area contributed by atoms with E-state index in [0.29, 0.717) is 6.42 Å². The molecule has 0 aliphatic carbocycles. The Bertz CT molecular complexity index is 374. The van der Waals surface area contributed by atoms with E-state index >= 15 is 0 Å². The van der Waals surface area contributed by atoms with E-state index in [9.17, 15) is 13.2 Å². The van der Waals surface area contributed by atoms with Crippen molar-refractivity contribution >= 4 is 0 Å². The van der Waals surface area contributed by atoms with Gasteiger partial charge >= 0.3 is 6.18 Å². The van der Waals surface area contributed by atoms with E-state index in [1.807, 2.05) is 26.0 Å². The first-order valence-corrected chi connectivity index (χ1v) is 7.18. The number of halogens is 3. The smallest absolute Gasteiger partial charge is 0.314 e. The molecule has 0 spiro atoms. The van der Waals surface area contributed by atoms with Crippen LogP contribution in [0, 0.1) is 0 Å². The Morgan fingerprint density at radius 3 is 2.50 bits per heavy atom. The molecule has 0 aliphatic rings. The third-order valence-corrected chi connectivity index (χ3v) is 3.21. The van der Waals surface area contributed by atoms with Gasteiger partial charge in [-0.2, -0.15) is 13.2 Å². The van der Waals surface area contributed by atoms with Gasteiger partial charge in [-0.25, -0.2) is 0 Å². The standard InChI is InChI=1S/C15H23F3N2/c1-3-9-19-14(7-8-15(16,17)18)10-13-6-5-12(4-2)11-20-13/h5-6,11,14,19H,3-4,7-10H2,1-2H3. The molecule has 0 fully saturated rings. The van der Waals surface area contributed by atoms with Crippen LogP contribution in [-0.2, 0) is 12.8 Å². The normalized spacial score (nSPS) is 13.4. The molecule has 1 aromatic heterocycles. The van der Waals surface area contributed by atoms with Crippen molar-refractivity contribution in [3.8, 4) is 0 Å². The van der Waals surface area contributed by atoms with Crippen molar-refractivity contribution in [2.24, 2.45) is 0 Å². The summed E-state index contributed by atoms with van der Waals surface area (Å²) in [7, 11) is 0. The van der Waals surface area contributed by atoms with Gasteiger partial charge in [0.15, 0.2) is 0 Å². The lowest BCUT2D eigenvalue weighted by atomic mass is 10.0. The molecular formula is C15H23F3N2. The highest BCUT2D eigenvalue weighted by molar-refractivity contribution is 5.14. The average molecular weight is 288 g/mol. The first-order chi connectivity index (χ1) is 9.44. The van der Waals surface area contributed by atoms with Crippen LogP contribution in [-0.4, -0.2) is 23.7 Å². The van der Waals surface area contributed by atoms with Crippen molar-refractivity contribution in [3.63, 3.8) is 0 Å². The molecule has 0 aromatic carbocycles. The quantitative estimate of drug-likeness (QED) is 0.785. The largest absolute Gasteiger partial charge is 0.389 e. The fourth-order valence-corrected chi connectivity index (χ4v) is 2.00. The lowest BCUT2D eigenvalue weighted by molar-refractivity contribution is -0.136. The van der Waals surface area contributed by atoms with Gasteiger partial charge in [0.2, 0.25) is 0 Å². The van der Waals surface area contributed by atoms with Crippen LogP contribution in [0.25, 0.3) is 0 Å².